The van der Waals surface area contributed by atoms with Crippen molar-refractivity contribution in [1.29, 1.82) is 0 Å². The summed E-state index contributed by atoms with van der Waals surface area (Å²) < 4.78 is 0. The fourth-order valence-electron chi connectivity index (χ4n) is 5.47. The zero-order valence-electron chi connectivity index (χ0n) is 11.1. The van der Waals surface area contributed by atoms with Crippen LogP contribution in [-0.4, -0.2) is 35.4 Å². The van der Waals surface area contributed by atoms with Gasteiger partial charge in [-0.05, 0) is 56.3 Å². The van der Waals surface area contributed by atoms with Crippen LogP contribution in [0.1, 0.15) is 38.5 Å². The third kappa shape index (κ3) is 1.73. The minimum absolute atomic E-state index is 0.0940. The van der Waals surface area contributed by atoms with Crippen molar-refractivity contribution in [3.63, 3.8) is 0 Å². The van der Waals surface area contributed by atoms with E-state index in [1.807, 2.05) is 11.8 Å². The second-order valence-electron chi connectivity index (χ2n) is 7.10. The number of hydrogen-bond donors (Lipinski definition) is 0. The zero-order chi connectivity index (χ0) is 12.2. The Kier molecular flexibility index (Phi) is 2.69. The lowest BCUT2D eigenvalue weighted by molar-refractivity contribution is -0.157. The molecule has 0 aromatic carbocycles. The van der Waals surface area contributed by atoms with Gasteiger partial charge in [0.05, 0.1) is 5.41 Å². The van der Waals surface area contributed by atoms with Crippen LogP contribution in [0.4, 0.5) is 0 Å². The fourth-order valence-corrected chi connectivity index (χ4v) is 6.38. The smallest absolute Gasteiger partial charge is 0.228 e. The van der Waals surface area contributed by atoms with Gasteiger partial charge in [-0.15, -0.1) is 0 Å². The SMILES string of the molecule is O=C(N1CCSCC1)C12CC3CC(CC(C3)C1)C2. The van der Waals surface area contributed by atoms with E-state index in [0.717, 1.165) is 42.3 Å². The van der Waals surface area contributed by atoms with Crippen LogP contribution in [0.25, 0.3) is 0 Å². The van der Waals surface area contributed by atoms with Crippen molar-refractivity contribution in [3.05, 3.63) is 0 Å². The average Bonchev–Trinajstić information content (AvgIpc) is 2.37. The molecule has 1 heterocycles. The van der Waals surface area contributed by atoms with Gasteiger partial charge >= 0.3 is 0 Å². The number of hydrogen-bond acceptors (Lipinski definition) is 2. The van der Waals surface area contributed by atoms with Crippen molar-refractivity contribution in [1.82, 2.24) is 4.90 Å². The van der Waals surface area contributed by atoms with Gasteiger partial charge in [-0.25, -0.2) is 0 Å². The molecule has 2 nitrogen and oxygen atoms in total. The van der Waals surface area contributed by atoms with Gasteiger partial charge in [0.15, 0.2) is 0 Å². The van der Waals surface area contributed by atoms with E-state index in [4.69, 9.17) is 0 Å². The highest BCUT2D eigenvalue weighted by Crippen LogP contribution is 2.60. The summed E-state index contributed by atoms with van der Waals surface area (Å²) in [4.78, 5) is 15.2. The van der Waals surface area contributed by atoms with Crippen LogP contribution in [0.2, 0.25) is 0 Å². The number of carbonyl (C=O) groups is 1. The molecule has 18 heavy (non-hydrogen) atoms. The topological polar surface area (TPSA) is 20.3 Å². The van der Waals surface area contributed by atoms with Crippen molar-refractivity contribution in [3.8, 4) is 0 Å². The van der Waals surface area contributed by atoms with E-state index in [1.165, 1.54) is 38.5 Å². The molecule has 0 aromatic rings. The van der Waals surface area contributed by atoms with Crippen molar-refractivity contribution in [2.75, 3.05) is 24.6 Å². The predicted molar refractivity (Wildman–Crippen MR) is 74.5 cm³/mol. The molecule has 3 heteroatoms. The molecule has 4 aliphatic carbocycles. The van der Waals surface area contributed by atoms with E-state index in [-0.39, 0.29) is 5.41 Å². The Morgan fingerprint density at radius 1 is 0.944 bits per heavy atom. The van der Waals surface area contributed by atoms with E-state index in [9.17, 15) is 4.79 Å². The maximum absolute atomic E-state index is 13.0. The first-order valence-electron chi connectivity index (χ1n) is 7.62. The van der Waals surface area contributed by atoms with Crippen LogP contribution in [0.5, 0.6) is 0 Å². The molecule has 0 atom stereocenters. The summed E-state index contributed by atoms with van der Waals surface area (Å²) in [5.41, 5.74) is 0.0940. The molecule has 0 N–H and O–H groups in total. The number of amides is 1. The highest BCUT2D eigenvalue weighted by Gasteiger charge is 2.55. The summed E-state index contributed by atoms with van der Waals surface area (Å²) >= 11 is 2.00. The summed E-state index contributed by atoms with van der Waals surface area (Å²) in [6, 6.07) is 0. The van der Waals surface area contributed by atoms with Gasteiger partial charge in [0.25, 0.3) is 0 Å². The first kappa shape index (κ1) is 11.6. The van der Waals surface area contributed by atoms with Crippen LogP contribution < -0.4 is 0 Å². The summed E-state index contributed by atoms with van der Waals surface area (Å²) in [5, 5.41) is 0. The van der Waals surface area contributed by atoms with Gasteiger partial charge < -0.3 is 4.90 Å². The van der Waals surface area contributed by atoms with E-state index >= 15 is 0 Å². The molecule has 1 amide bonds. The highest BCUT2D eigenvalue weighted by atomic mass is 32.2. The second kappa shape index (κ2) is 4.16. The maximum atomic E-state index is 13.0. The van der Waals surface area contributed by atoms with Crippen LogP contribution in [0.15, 0.2) is 0 Å². The van der Waals surface area contributed by atoms with E-state index in [1.54, 1.807) is 0 Å². The molecule has 5 rings (SSSR count). The van der Waals surface area contributed by atoms with Gasteiger partial charge in [0.1, 0.15) is 0 Å². The number of carbonyl (C=O) groups excluding carboxylic acids is 1. The quantitative estimate of drug-likeness (QED) is 0.726. The summed E-state index contributed by atoms with van der Waals surface area (Å²) in [6.45, 7) is 2.01. The average molecular weight is 265 g/mol. The van der Waals surface area contributed by atoms with Crippen LogP contribution >= 0.6 is 11.8 Å². The lowest BCUT2D eigenvalue weighted by Gasteiger charge is -2.56. The Morgan fingerprint density at radius 3 is 1.94 bits per heavy atom. The largest absolute Gasteiger partial charge is 0.341 e. The van der Waals surface area contributed by atoms with Crippen molar-refractivity contribution in [2.45, 2.75) is 38.5 Å². The number of rotatable bonds is 1. The van der Waals surface area contributed by atoms with Gasteiger partial charge in [0.2, 0.25) is 5.91 Å². The minimum atomic E-state index is 0.0940. The normalized spacial score (nSPS) is 46.4. The van der Waals surface area contributed by atoms with Crippen LogP contribution in [0.3, 0.4) is 0 Å². The molecule has 1 saturated heterocycles. The Morgan fingerprint density at radius 2 is 1.44 bits per heavy atom. The zero-order valence-corrected chi connectivity index (χ0v) is 11.9. The summed E-state index contributed by atoms with van der Waals surface area (Å²) in [7, 11) is 0. The maximum Gasteiger partial charge on any atom is 0.228 e. The highest BCUT2D eigenvalue weighted by molar-refractivity contribution is 7.99. The molecular formula is C15H23NOS. The van der Waals surface area contributed by atoms with Crippen LogP contribution in [0, 0.1) is 23.2 Å². The Balaban J connectivity index is 1.57. The third-order valence-corrected chi connectivity index (χ3v) is 6.73. The van der Waals surface area contributed by atoms with E-state index in [0.29, 0.717) is 5.91 Å². The summed E-state index contributed by atoms with van der Waals surface area (Å²) in [5.74, 6) is 5.51. The number of nitrogens with zero attached hydrogens (tertiary/aromatic N) is 1. The second-order valence-corrected chi connectivity index (χ2v) is 8.33. The van der Waals surface area contributed by atoms with Gasteiger partial charge in [-0.1, -0.05) is 0 Å². The van der Waals surface area contributed by atoms with Crippen molar-refractivity contribution in [2.24, 2.45) is 23.2 Å². The molecule has 4 saturated carbocycles. The van der Waals surface area contributed by atoms with Crippen molar-refractivity contribution < 1.29 is 4.79 Å². The molecule has 5 fully saturated rings. The number of thioether (sulfide) groups is 1. The van der Waals surface area contributed by atoms with Crippen molar-refractivity contribution >= 4 is 17.7 Å². The fraction of sp³-hybridized carbons (Fsp3) is 0.933. The van der Waals surface area contributed by atoms with Crippen LogP contribution in [-0.2, 0) is 4.79 Å². The molecule has 4 bridgehead atoms. The first-order valence-corrected chi connectivity index (χ1v) is 8.78. The van der Waals surface area contributed by atoms with E-state index < -0.39 is 0 Å². The van der Waals surface area contributed by atoms with Gasteiger partial charge in [0, 0.05) is 24.6 Å². The third-order valence-electron chi connectivity index (χ3n) is 5.79. The van der Waals surface area contributed by atoms with E-state index in [2.05, 4.69) is 4.90 Å². The summed E-state index contributed by atoms with van der Waals surface area (Å²) in [6.07, 6.45) is 7.97. The Hall–Kier alpha value is -0.180. The van der Waals surface area contributed by atoms with Gasteiger partial charge in [-0.2, -0.15) is 11.8 Å². The van der Waals surface area contributed by atoms with Gasteiger partial charge in [-0.3, -0.25) is 4.79 Å². The molecule has 5 aliphatic rings. The molecule has 0 unspecified atom stereocenters. The molecule has 0 radical (unpaired) electrons. The molecule has 0 spiro atoms. The lowest BCUT2D eigenvalue weighted by atomic mass is 9.49. The monoisotopic (exact) mass is 265 g/mol. The Labute approximate surface area is 114 Å². The molecule has 1 aliphatic heterocycles. The first-order chi connectivity index (χ1) is 8.75. The Bertz CT molecular complexity index is 326. The standard InChI is InChI=1S/C15H23NOS/c17-14(16-1-3-18-4-2-16)15-8-11-5-12(9-15)7-13(6-11)10-15/h11-13H,1-10H2. The molecule has 100 valence electrons. The predicted octanol–water partition coefficient (Wildman–Crippen LogP) is 2.78. The molecular weight excluding hydrogens is 242 g/mol. The molecule has 0 aromatic heterocycles. The lowest BCUT2D eigenvalue weighted by Crippen LogP contribution is -2.55. The minimum Gasteiger partial charge on any atom is -0.341 e.